The van der Waals surface area contributed by atoms with Crippen LogP contribution in [0, 0.1) is 5.82 Å². The summed E-state index contributed by atoms with van der Waals surface area (Å²) in [5.41, 5.74) is 2.44. The highest BCUT2D eigenvalue weighted by Crippen LogP contribution is 2.14. The van der Waals surface area contributed by atoms with E-state index in [9.17, 15) is 9.18 Å². The van der Waals surface area contributed by atoms with Crippen molar-refractivity contribution < 1.29 is 9.18 Å². The Kier molecular flexibility index (Phi) is 4.58. The fraction of sp³-hybridized carbons (Fsp3) is 0.235. The molecule has 0 saturated carbocycles. The summed E-state index contributed by atoms with van der Waals surface area (Å²) in [5, 5.41) is 0. The summed E-state index contributed by atoms with van der Waals surface area (Å²) in [4.78, 5) is 15.9. The predicted molar refractivity (Wildman–Crippen MR) is 83.0 cm³/mol. The summed E-state index contributed by atoms with van der Waals surface area (Å²) in [7, 11) is 5.62. The van der Waals surface area contributed by atoms with Gasteiger partial charge in [0.05, 0.1) is 0 Å². The molecule has 0 bridgehead atoms. The van der Waals surface area contributed by atoms with E-state index in [0.717, 1.165) is 11.3 Å². The van der Waals surface area contributed by atoms with Gasteiger partial charge in [-0.3, -0.25) is 4.79 Å². The number of rotatable bonds is 4. The van der Waals surface area contributed by atoms with Gasteiger partial charge in [0, 0.05) is 38.9 Å². The number of halogens is 1. The normalized spacial score (nSPS) is 10.3. The van der Waals surface area contributed by atoms with Crippen LogP contribution in [0.15, 0.2) is 48.5 Å². The van der Waals surface area contributed by atoms with Crippen LogP contribution in [0.25, 0.3) is 0 Å². The van der Waals surface area contributed by atoms with E-state index >= 15 is 0 Å². The molecule has 0 aliphatic rings. The summed E-state index contributed by atoms with van der Waals surface area (Å²) in [6.45, 7) is 0.381. The van der Waals surface area contributed by atoms with Crippen molar-refractivity contribution in [1.82, 2.24) is 4.90 Å². The van der Waals surface area contributed by atoms with Gasteiger partial charge in [0.15, 0.2) is 0 Å². The van der Waals surface area contributed by atoms with Crippen molar-refractivity contribution in [3.05, 3.63) is 65.5 Å². The minimum Gasteiger partial charge on any atom is -0.378 e. The molecule has 0 aliphatic carbocycles. The van der Waals surface area contributed by atoms with E-state index in [0.29, 0.717) is 12.1 Å². The third-order valence-corrected chi connectivity index (χ3v) is 3.29. The Morgan fingerprint density at radius 3 is 2.29 bits per heavy atom. The van der Waals surface area contributed by atoms with Crippen molar-refractivity contribution in [3.63, 3.8) is 0 Å². The lowest BCUT2D eigenvalue weighted by Gasteiger charge is -2.18. The zero-order chi connectivity index (χ0) is 15.4. The van der Waals surface area contributed by atoms with Crippen LogP contribution in [-0.2, 0) is 6.54 Å². The largest absolute Gasteiger partial charge is 0.378 e. The second-order valence-electron chi connectivity index (χ2n) is 5.23. The van der Waals surface area contributed by atoms with E-state index in [4.69, 9.17) is 0 Å². The molecule has 4 heteroatoms. The summed E-state index contributed by atoms with van der Waals surface area (Å²) in [6, 6.07) is 13.7. The first-order valence-electron chi connectivity index (χ1n) is 6.74. The Hall–Kier alpha value is -2.36. The standard InChI is InChI=1S/C17H19FN2O/c1-19(2)16-9-7-14(8-10-16)17(21)20(3)12-13-5-4-6-15(18)11-13/h4-11H,12H2,1-3H3. The highest BCUT2D eigenvalue weighted by Gasteiger charge is 2.12. The first kappa shape index (κ1) is 15.0. The molecule has 0 spiro atoms. The van der Waals surface area contributed by atoms with E-state index < -0.39 is 0 Å². The third kappa shape index (κ3) is 3.81. The number of amides is 1. The van der Waals surface area contributed by atoms with Gasteiger partial charge in [-0.25, -0.2) is 4.39 Å². The average molecular weight is 286 g/mol. The highest BCUT2D eigenvalue weighted by molar-refractivity contribution is 5.94. The fourth-order valence-electron chi connectivity index (χ4n) is 2.10. The molecule has 0 radical (unpaired) electrons. The summed E-state index contributed by atoms with van der Waals surface area (Å²) in [6.07, 6.45) is 0. The topological polar surface area (TPSA) is 23.6 Å². The number of hydrogen-bond acceptors (Lipinski definition) is 2. The van der Waals surface area contributed by atoms with E-state index in [1.54, 1.807) is 30.1 Å². The quantitative estimate of drug-likeness (QED) is 0.862. The molecule has 0 heterocycles. The SMILES string of the molecule is CN(Cc1cccc(F)c1)C(=O)c1ccc(N(C)C)cc1. The molecule has 0 aliphatic heterocycles. The van der Waals surface area contributed by atoms with Crippen LogP contribution in [0.3, 0.4) is 0 Å². The average Bonchev–Trinajstić information content (AvgIpc) is 2.46. The molecule has 0 atom stereocenters. The van der Waals surface area contributed by atoms with Gasteiger partial charge in [0.2, 0.25) is 0 Å². The molecule has 0 fully saturated rings. The monoisotopic (exact) mass is 286 g/mol. The van der Waals surface area contributed by atoms with Gasteiger partial charge in [0.25, 0.3) is 5.91 Å². The molecule has 0 saturated heterocycles. The number of anilines is 1. The van der Waals surface area contributed by atoms with Crippen LogP contribution in [0.4, 0.5) is 10.1 Å². The minimum atomic E-state index is -0.288. The maximum Gasteiger partial charge on any atom is 0.253 e. The Labute approximate surface area is 124 Å². The number of nitrogens with zero attached hydrogens (tertiary/aromatic N) is 2. The lowest BCUT2D eigenvalue weighted by Crippen LogP contribution is -2.26. The van der Waals surface area contributed by atoms with Gasteiger partial charge in [-0.1, -0.05) is 12.1 Å². The van der Waals surface area contributed by atoms with Crippen LogP contribution in [-0.4, -0.2) is 32.0 Å². The lowest BCUT2D eigenvalue weighted by molar-refractivity contribution is 0.0785. The Morgan fingerprint density at radius 2 is 1.71 bits per heavy atom. The Bertz CT molecular complexity index is 623. The molecule has 0 N–H and O–H groups in total. The van der Waals surface area contributed by atoms with Crippen molar-refractivity contribution in [1.29, 1.82) is 0 Å². The van der Waals surface area contributed by atoms with Gasteiger partial charge >= 0.3 is 0 Å². The second kappa shape index (κ2) is 6.39. The van der Waals surface area contributed by atoms with Crippen molar-refractivity contribution in [2.75, 3.05) is 26.0 Å². The molecule has 3 nitrogen and oxygen atoms in total. The predicted octanol–water partition coefficient (Wildman–Crippen LogP) is 3.16. The Balaban J connectivity index is 2.08. The van der Waals surface area contributed by atoms with E-state index in [2.05, 4.69) is 0 Å². The number of hydrogen-bond donors (Lipinski definition) is 0. The van der Waals surface area contributed by atoms with Crippen LogP contribution in [0.1, 0.15) is 15.9 Å². The molecule has 0 unspecified atom stereocenters. The fourth-order valence-corrected chi connectivity index (χ4v) is 2.10. The van der Waals surface area contributed by atoms with Crippen molar-refractivity contribution >= 4 is 11.6 Å². The summed E-state index contributed by atoms with van der Waals surface area (Å²) >= 11 is 0. The number of carbonyl (C=O) groups excluding carboxylic acids is 1. The molecule has 1 amide bonds. The van der Waals surface area contributed by atoms with Crippen molar-refractivity contribution in [2.24, 2.45) is 0 Å². The zero-order valence-electron chi connectivity index (χ0n) is 12.5. The first-order valence-corrected chi connectivity index (χ1v) is 6.74. The molecule has 21 heavy (non-hydrogen) atoms. The zero-order valence-corrected chi connectivity index (χ0v) is 12.5. The maximum absolute atomic E-state index is 13.2. The molecule has 2 aromatic carbocycles. The van der Waals surface area contributed by atoms with Crippen LogP contribution < -0.4 is 4.90 Å². The number of carbonyl (C=O) groups is 1. The van der Waals surface area contributed by atoms with Crippen molar-refractivity contribution in [3.8, 4) is 0 Å². The summed E-state index contributed by atoms with van der Waals surface area (Å²) < 4.78 is 13.2. The molecule has 2 rings (SSSR count). The summed E-state index contributed by atoms with van der Waals surface area (Å²) in [5.74, 6) is -0.367. The highest BCUT2D eigenvalue weighted by atomic mass is 19.1. The van der Waals surface area contributed by atoms with Crippen LogP contribution in [0.5, 0.6) is 0 Å². The smallest absolute Gasteiger partial charge is 0.253 e. The van der Waals surface area contributed by atoms with Crippen LogP contribution in [0.2, 0.25) is 0 Å². The van der Waals surface area contributed by atoms with E-state index in [1.165, 1.54) is 12.1 Å². The van der Waals surface area contributed by atoms with Crippen LogP contribution >= 0.6 is 0 Å². The van der Waals surface area contributed by atoms with E-state index in [-0.39, 0.29) is 11.7 Å². The van der Waals surface area contributed by atoms with Gasteiger partial charge in [-0.15, -0.1) is 0 Å². The maximum atomic E-state index is 13.2. The molecule has 2 aromatic rings. The third-order valence-electron chi connectivity index (χ3n) is 3.29. The number of benzene rings is 2. The van der Waals surface area contributed by atoms with Gasteiger partial charge in [-0.05, 0) is 42.0 Å². The molecular weight excluding hydrogens is 267 g/mol. The minimum absolute atomic E-state index is 0.0791. The lowest BCUT2D eigenvalue weighted by atomic mass is 10.1. The molecular formula is C17H19FN2O. The first-order chi connectivity index (χ1) is 9.97. The van der Waals surface area contributed by atoms with Gasteiger partial charge < -0.3 is 9.80 Å². The van der Waals surface area contributed by atoms with Crippen molar-refractivity contribution in [2.45, 2.75) is 6.54 Å². The second-order valence-corrected chi connectivity index (χ2v) is 5.23. The molecule has 0 aromatic heterocycles. The van der Waals surface area contributed by atoms with Gasteiger partial charge in [-0.2, -0.15) is 0 Å². The van der Waals surface area contributed by atoms with E-state index in [1.807, 2.05) is 37.2 Å². The van der Waals surface area contributed by atoms with Gasteiger partial charge in [0.1, 0.15) is 5.82 Å². The Morgan fingerprint density at radius 1 is 1.05 bits per heavy atom. The molecule has 110 valence electrons.